The van der Waals surface area contributed by atoms with Crippen molar-refractivity contribution in [1.82, 2.24) is 0 Å². The molecule has 1 N–H and O–H groups in total. The van der Waals surface area contributed by atoms with E-state index in [0.29, 0.717) is 5.56 Å². The fourth-order valence-electron chi connectivity index (χ4n) is 1.10. The van der Waals surface area contributed by atoms with Crippen molar-refractivity contribution in [3.05, 3.63) is 29.3 Å². The highest BCUT2D eigenvalue weighted by molar-refractivity contribution is 5.39. The van der Waals surface area contributed by atoms with Gasteiger partial charge in [-0.2, -0.15) is 0 Å². The number of phenolic OH excluding ortho intramolecular Hbond substituents is 1. The van der Waals surface area contributed by atoms with Gasteiger partial charge in [-0.05, 0) is 18.1 Å². The molecule has 1 rings (SSSR count). The van der Waals surface area contributed by atoms with E-state index in [-0.39, 0.29) is 12.3 Å². The number of phenols is 1. The summed E-state index contributed by atoms with van der Waals surface area (Å²) in [5, 5.41) is 9.37. The second-order valence-corrected chi connectivity index (χ2v) is 2.72. The van der Waals surface area contributed by atoms with Crippen molar-refractivity contribution in [2.45, 2.75) is 19.9 Å². The lowest BCUT2D eigenvalue weighted by atomic mass is 10.1. The normalized spacial score (nSPS) is 9.31. The van der Waals surface area contributed by atoms with Crippen molar-refractivity contribution in [3.8, 4) is 5.75 Å². The van der Waals surface area contributed by atoms with Crippen molar-refractivity contribution < 1.29 is 9.90 Å². The van der Waals surface area contributed by atoms with Gasteiger partial charge in [-0.1, -0.05) is 19.1 Å². The van der Waals surface area contributed by atoms with Gasteiger partial charge in [-0.25, -0.2) is 9.79 Å². The number of hydrogen-bond acceptors (Lipinski definition) is 3. The number of nitrogens with zero attached hydrogens (tertiary/aromatic N) is 1. The summed E-state index contributed by atoms with van der Waals surface area (Å²) in [4.78, 5) is 13.3. The molecule has 0 aliphatic rings. The Bertz CT molecular complexity index is 341. The number of rotatable bonds is 3. The number of carbonyl (C=O) groups excluding carboxylic acids is 1. The summed E-state index contributed by atoms with van der Waals surface area (Å²) < 4.78 is 0. The number of aryl methyl sites for hydroxylation is 1. The Morgan fingerprint density at radius 1 is 1.54 bits per heavy atom. The van der Waals surface area contributed by atoms with Crippen LogP contribution >= 0.6 is 0 Å². The first-order valence-electron chi connectivity index (χ1n) is 4.12. The lowest BCUT2D eigenvalue weighted by Crippen LogP contribution is -1.86. The highest BCUT2D eigenvalue weighted by Crippen LogP contribution is 2.19. The average molecular weight is 177 g/mol. The molecule has 3 heteroatoms. The predicted molar refractivity (Wildman–Crippen MR) is 49.3 cm³/mol. The van der Waals surface area contributed by atoms with E-state index in [2.05, 4.69) is 4.99 Å². The zero-order chi connectivity index (χ0) is 9.68. The molecular weight excluding hydrogens is 166 g/mol. The molecule has 68 valence electrons. The minimum absolute atomic E-state index is 0.177. The Balaban J connectivity index is 2.96. The summed E-state index contributed by atoms with van der Waals surface area (Å²) >= 11 is 0. The Hall–Kier alpha value is -1.60. The van der Waals surface area contributed by atoms with Crippen LogP contribution in [0.2, 0.25) is 0 Å². The third kappa shape index (κ3) is 2.42. The van der Waals surface area contributed by atoms with Crippen LogP contribution in [0.3, 0.4) is 0 Å². The minimum Gasteiger partial charge on any atom is -0.508 e. The van der Waals surface area contributed by atoms with Gasteiger partial charge >= 0.3 is 0 Å². The smallest absolute Gasteiger partial charge is 0.235 e. The van der Waals surface area contributed by atoms with Crippen molar-refractivity contribution in [2.24, 2.45) is 4.99 Å². The molecule has 1 aromatic carbocycles. The number of hydrogen-bond donors (Lipinski definition) is 1. The molecule has 0 heterocycles. The first kappa shape index (κ1) is 9.49. The van der Waals surface area contributed by atoms with Crippen molar-refractivity contribution in [2.75, 3.05) is 0 Å². The highest BCUT2D eigenvalue weighted by Gasteiger charge is 2.00. The van der Waals surface area contributed by atoms with Crippen molar-refractivity contribution in [3.63, 3.8) is 0 Å². The fourth-order valence-corrected chi connectivity index (χ4v) is 1.10. The van der Waals surface area contributed by atoms with Crippen LogP contribution in [0.4, 0.5) is 0 Å². The highest BCUT2D eigenvalue weighted by atomic mass is 16.3. The molecule has 0 radical (unpaired) electrons. The molecule has 0 saturated carbocycles. The number of aliphatic imine (C=N–C) groups is 1. The summed E-state index contributed by atoms with van der Waals surface area (Å²) in [6.45, 7) is 2.22. The molecular formula is C10H11NO2. The molecule has 0 spiro atoms. The zero-order valence-corrected chi connectivity index (χ0v) is 7.45. The first-order valence-corrected chi connectivity index (χ1v) is 4.12. The van der Waals surface area contributed by atoms with Gasteiger partial charge in [0.1, 0.15) is 5.75 Å². The van der Waals surface area contributed by atoms with E-state index in [1.165, 1.54) is 6.08 Å². The van der Waals surface area contributed by atoms with Gasteiger partial charge < -0.3 is 5.11 Å². The maximum atomic E-state index is 9.87. The van der Waals surface area contributed by atoms with Gasteiger partial charge in [0.15, 0.2) is 0 Å². The molecule has 3 nitrogen and oxygen atoms in total. The lowest BCUT2D eigenvalue weighted by Gasteiger charge is -2.02. The number of benzene rings is 1. The maximum absolute atomic E-state index is 9.87. The Kier molecular flexibility index (Phi) is 3.23. The molecule has 0 fully saturated rings. The molecule has 0 aromatic heterocycles. The Labute approximate surface area is 76.7 Å². The van der Waals surface area contributed by atoms with E-state index in [9.17, 15) is 9.90 Å². The van der Waals surface area contributed by atoms with Crippen LogP contribution in [0, 0.1) is 0 Å². The van der Waals surface area contributed by atoms with E-state index < -0.39 is 0 Å². The number of aromatic hydroxyl groups is 1. The maximum Gasteiger partial charge on any atom is 0.235 e. The quantitative estimate of drug-likeness (QED) is 0.565. The second kappa shape index (κ2) is 4.43. The molecule has 13 heavy (non-hydrogen) atoms. The molecule has 0 saturated heterocycles. The lowest BCUT2D eigenvalue weighted by molar-refractivity contribution is 0.468. The standard InChI is InChI=1S/C10H11NO2/c1-2-8-3-4-10(13)9(5-8)6-11-7-12/h3-5,13H,2,6H2,1H3. The van der Waals surface area contributed by atoms with E-state index in [1.54, 1.807) is 6.07 Å². The van der Waals surface area contributed by atoms with Crippen LogP contribution in [0.25, 0.3) is 0 Å². The van der Waals surface area contributed by atoms with Gasteiger partial charge in [0, 0.05) is 5.56 Å². The molecule has 0 unspecified atom stereocenters. The molecule has 0 aliphatic carbocycles. The van der Waals surface area contributed by atoms with E-state index in [1.807, 2.05) is 19.1 Å². The van der Waals surface area contributed by atoms with Crippen LogP contribution in [-0.4, -0.2) is 11.2 Å². The Morgan fingerprint density at radius 3 is 2.92 bits per heavy atom. The number of isocyanates is 1. The summed E-state index contributed by atoms with van der Waals surface area (Å²) in [7, 11) is 0. The van der Waals surface area contributed by atoms with Gasteiger partial charge in [-0.15, -0.1) is 0 Å². The summed E-state index contributed by atoms with van der Waals surface area (Å²) in [6, 6.07) is 5.31. The zero-order valence-electron chi connectivity index (χ0n) is 7.45. The monoisotopic (exact) mass is 177 g/mol. The van der Waals surface area contributed by atoms with Crippen LogP contribution < -0.4 is 0 Å². The van der Waals surface area contributed by atoms with Crippen LogP contribution in [0.1, 0.15) is 18.1 Å². The summed E-state index contributed by atoms with van der Waals surface area (Å²) in [6.07, 6.45) is 2.35. The molecule has 1 aromatic rings. The average Bonchev–Trinajstić information content (AvgIpc) is 2.17. The fraction of sp³-hybridized carbons (Fsp3) is 0.300. The van der Waals surface area contributed by atoms with E-state index >= 15 is 0 Å². The van der Waals surface area contributed by atoms with Gasteiger partial charge in [-0.3, -0.25) is 0 Å². The van der Waals surface area contributed by atoms with Gasteiger partial charge in [0.2, 0.25) is 6.08 Å². The van der Waals surface area contributed by atoms with Gasteiger partial charge in [0.25, 0.3) is 0 Å². The summed E-state index contributed by atoms with van der Waals surface area (Å²) in [5.74, 6) is 0.177. The third-order valence-corrected chi connectivity index (χ3v) is 1.87. The molecule has 0 bridgehead atoms. The second-order valence-electron chi connectivity index (χ2n) is 2.72. The van der Waals surface area contributed by atoms with Crippen LogP contribution in [-0.2, 0) is 17.8 Å². The van der Waals surface area contributed by atoms with Gasteiger partial charge in [0.05, 0.1) is 6.54 Å². The minimum atomic E-state index is 0.177. The molecule has 0 aliphatic heterocycles. The van der Waals surface area contributed by atoms with Crippen molar-refractivity contribution in [1.29, 1.82) is 0 Å². The topological polar surface area (TPSA) is 49.7 Å². The third-order valence-electron chi connectivity index (χ3n) is 1.87. The molecule has 0 amide bonds. The SMILES string of the molecule is CCc1ccc(O)c(CN=C=O)c1. The molecule has 0 atom stereocenters. The Morgan fingerprint density at radius 2 is 2.31 bits per heavy atom. The van der Waals surface area contributed by atoms with E-state index in [0.717, 1.165) is 12.0 Å². The summed E-state index contributed by atoms with van der Waals surface area (Å²) in [5.41, 5.74) is 1.79. The van der Waals surface area contributed by atoms with Crippen LogP contribution in [0.5, 0.6) is 5.75 Å². The predicted octanol–water partition coefficient (Wildman–Crippen LogP) is 1.79. The largest absolute Gasteiger partial charge is 0.508 e. The van der Waals surface area contributed by atoms with Crippen LogP contribution in [0.15, 0.2) is 23.2 Å². The van der Waals surface area contributed by atoms with E-state index in [4.69, 9.17) is 0 Å². The first-order chi connectivity index (χ1) is 6.27. The van der Waals surface area contributed by atoms with Crippen molar-refractivity contribution >= 4 is 6.08 Å².